The summed E-state index contributed by atoms with van der Waals surface area (Å²) < 4.78 is 85.3. The number of halogens is 6. The number of hydrogen-bond acceptors (Lipinski definition) is 9. The Bertz CT molecular complexity index is 1850. The first kappa shape index (κ1) is 28.1. The van der Waals surface area contributed by atoms with Crippen molar-refractivity contribution in [2.75, 3.05) is 37.4 Å². The van der Waals surface area contributed by atoms with Crippen LogP contribution in [-0.4, -0.2) is 65.3 Å². The minimum absolute atomic E-state index is 0.0142. The zero-order chi connectivity index (χ0) is 30.2. The average Bonchev–Trinajstić information content (AvgIpc) is 3.56. The predicted octanol–water partition coefficient (Wildman–Crippen LogP) is 6.29. The van der Waals surface area contributed by atoms with E-state index in [4.69, 9.17) is 26.8 Å². The first-order chi connectivity index (χ1) is 20.6. The average molecular weight is 637 g/mol. The topological polar surface area (TPSA) is 109 Å². The summed E-state index contributed by atoms with van der Waals surface area (Å²) in [4.78, 5) is 10.6. The van der Waals surface area contributed by atoms with Gasteiger partial charge in [-0.3, -0.25) is 4.90 Å². The van der Waals surface area contributed by atoms with Gasteiger partial charge < -0.3 is 20.5 Å². The van der Waals surface area contributed by atoms with Gasteiger partial charge in [0.1, 0.15) is 53.6 Å². The van der Waals surface area contributed by atoms with E-state index in [9.17, 15) is 22.8 Å². The Morgan fingerprint density at radius 1 is 1.30 bits per heavy atom. The summed E-state index contributed by atoms with van der Waals surface area (Å²) >= 11 is 7.55. The summed E-state index contributed by atoms with van der Waals surface area (Å²) in [7, 11) is 0. The molecule has 3 atom stereocenters. The Morgan fingerprint density at radius 3 is 2.88 bits per heavy atom. The molecule has 0 aliphatic carbocycles. The van der Waals surface area contributed by atoms with Crippen LogP contribution in [0.1, 0.15) is 24.8 Å². The highest BCUT2D eigenvalue weighted by Crippen LogP contribution is 2.50. The third-order valence-corrected chi connectivity index (χ3v) is 9.81. The second-order valence-electron chi connectivity index (χ2n) is 10.9. The molecule has 5 heterocycles. The van der Waals surface area contributed by atoms with Crippen LogP contribution in [0.2, 0.25) is 5.02 Å². The Morgan fingerprint density at radius 2 is 2.12 bits per heavy atom. The van der Waals surface area contributed by atoms with E-state index in [1.165, 1.54) is 6.07 Å². The van der Waals surface area contributed by atoms with Gasteiger partial charge in [-0.25, -0.2) is 22.0 Å². The highest BCUT2D eigenvalue weighted by atomic mass is 35.5. The van der Waals surface area contributed by atoms with Crippen LogP contribution >= 0.6 is 22.9 Å². The first-order valence-electron chi connectivity index (χ1n) is 13.4. The molecular weight excluding hydrogens is 615 g/mol. The number of nitriles is 1. The normalized spacial score (nSPS) is 23.3. The third kappa shape index (κ3) is 4.31. The van der Waals surface area contributed by atoms with Crippen molar-refractivity contribution in [2.45, 2.75) is 43.4 Å². The number of aromatic nitrogens is 2. The minimum atomic E-state index is -2.89. The summed E-state index contributed by atoms with van der Waals surface area (Å²) in [6, 6.07) is 2.43. The van der Waals surface area contributed by atoms with Crippen molar-refractivity contribution in [3.63, 3.8) is 0 Å². The van der Waals surface area contributed by atoms with Crippen molar-refractivity contribution in [3.8, 4) is 29.0 Å². The maximum atomic E-state index is 16.7. The van der Waals surface area contributed by atoms with Gasteiger partial charge >= 0.3 is 6.01 Å². The summed E-state index contributed by atoms with van der Waals surface area (Å²) in [6.07, 6.45) is -2.09. The van der Waals surface area contributed by atoms with Crippen molar-refractivity contribution in [1.82, 2.24) is 14.9 Å². The Kier molecular flexibility index (Phi) is 6.68. The molecule has 0 saturated carbocycles. The molecule has 15 heteroatoms. The van der Waals surface area contributed by atoms with Gasteiger partial charge in [0.25, 0.3) is 6.43 Å². The number of nitrogens with zero attached hydrogens (tertiary/aromatic N) is 4. The maximum absolute atomic E-state index is 16.7. The summed E-state index contributed by atoms with van der Waals surface area (Å²) in [5.41, 5.74) is 4.74. The standard InChI is InChI=1S/C28H22ClF5N6O2S/c29-19-17(12-2-3-14(31)23-16(12)13(7-35)25(36)43-23)20(32)21-18-22(19)41-9-15(24(33)34)37-26(18)39-27(38-21)42-10-28-4-1-5-40(28)8-11(30)6-28/h2-3,11,15,24H,1,4-6,8-10,36H2,(H,37,38,39)/t11-,15-,28+/m1/s1. The van der Waals surface area contributed by atoms with E-state index < -0.39 is 42.4 Å². The number of benzene rings is 2. The van der Waals surface area contributed by atoms with Crippen LogP contribution in [0.5, 0.6) is 11.8 Å². The fourth-order valence-corrected chi connectivity index (χ4v) is 7.76. The molecule has 0 radical (unpaired) electrons. The highest BCUT2D eigenvalue weighted by Gasteiger charge is 2.49. The molecule has 2 fully saturated rings. The quantitative estimate of drug-likeness (QED) is 0.246. The van der Waals surface area contributed by atoms with Crippen LogP contribution in [0.3, 0.4) is 0 Å². The Hall–Kier alpha value is -3.67. The molecule has 43 heavy (non-hydrogen) atoms. The Labute approximate surface area is 250 Å². The number of nitrogens with two attached hydrogens (primary N) is 1. The molecule has 4 aromatic rings. The minimum Gasteiger partial charge on any atom is -0.489 e. The van der Waals surface area contributed by atoms with Crippen molar-refractivity contribution in [3.05, 3.63) is 34.4 Å². The molecule has 7 rings (SSSR count). The number of anilines is 2. The predicted molar refractivity (Wildman–Crippen MR) is 152 cm³/mol. The van der Waals surface area contributed by atoms with Gasteiger partial charge in [-0.05, 0) is 31.0 Å². The highest BCUT2D eigenvalue weighted by molar-refractivity contribution is 7.23. The molecule has 3 N–H and O–H groups in total. The summed E-state index contributed by atoms with van der Waals surface area (Å²) in [5, 5.41) is 12.1. The zero-order valence-corrected chi connectivity index (χ0v) is 23.8. The fraction of sp³-hybridized carbons (Fsp3) is 0.393. The van der Waals surface area contributed by atoms with Crippen LogP contribution < -0.4 is 20.5 Å². The van der Waals surface area contributed by atoms with Crippen LogP contribution in [-0.2, 0) is 0 Å². The fourth-order valence-electron chi connectivity index (χ4n) is 6.48. The lowest BCUT2D eigenvalue weighted by Crippen LogP contribution is -2.43. The number of nitrogens with one attached hydrogen (secondary N) is 1. The molecule has 0 bridgehead atoms. The van der Waals surface area contributed by atoms with Gasteiger partial charge in [0.15, 0.2) is 11.6 Å². The van der Waals surface area contributed by atoms with Gasteiger partial charge in [-0.15, -0.1) is 11.3 Å². The lowest BCUT2D eigenvalue weighted by molar-refractivity contribution is 0.0995. The zero-order valence-electron chi connectivity index (χ0n) is 22.2. The van der Waals surface area contributed by atoms with E-state index >= 15 is 4.39 Å². The molecule has 0 spiro atoms. The largest absolute Gasteiger partial charge is 0.489 e. The molecule has 224 valence electrons. The van der Waals surface area contributed by atoms with Gasteiger partial charge in [0.2, 0.25) is 0 Å². The van der Waals surface area contributed by atoms with Crippen LogP contribution in [0.15, 0.2) is 12.1 Å². The number of ether oxygens (including phenoxy) is 2. The number of thiophene rings is 1. The second-order valence-corrected chi connectivity index (χ2v) is 12.4. The van der Waals surface area contributed by atoms with Crippen LogP contribution in [0.4, 0.5) is 32.8 Å². The first-order valence-corrected chi connectivity index (χ1v) is 14.6. The van der Waals surface area contributed by atoms with Crippen molar-refractivity contribution < 1.29 is 31.4 Å². The molecule has 2 aromatic carbocycles. The lowest BCUT2D eigenvalue weighted by Gasteiger charge is -2.30. The number of hydrogen-bond donors (Lipinski definition) is 2. The van der Waals surface area contributed by atoms with E-state index in [1.807, 2.05) is 11.0 Å². The molecule has 0 unspecified atom stereocenters. The van der Waals surface area contributed by atoms with E-state index in [-0.39, 0.29) is 84.9 Å². The van der Waals surface area contributed by atoms with Crippen molar-refractivity contribution in [1.29, 1.82) is 5.26 Å². The molecule has 3 aliphatic rings. The number of nitrogen functional groups attached to an aromatic ring is 1. The van der Waals surface area contributed by atoms with Crippen LogP contribution in [0.25, 0.3) is 32.1 Å². The monoisotopic (exact) mass is 636 g/mol. The van der Waals surface area contributed by atoms with Crippen molar-refractivity contribution in [2.24, 2.45) is 0 Å². The SMILES string of the molecule is N#Cc1c(N)sc2c(F)ccc(-c3c(Cl)c4c5c(nc(OC[C@@]67CCCN6C[C@H](F)C7)nc5c3F)N[C@@H](C(F)F)CO4)c12. The Balaban J connectivity index is 1.43. The van der Waals surface area contributed by atoms with E-state index in [0.717, 1.165) is 23.8 Å². The smallest absolute Gasteiger partial charge is 0.319 e. The molecule has 2 aromatic heterocycles. The third-order valence-electron chi connectivity index (χ3n) is 8.43. The second kappa shape index (κ2) is 10.2. The summed E-state index contributed by atoms with van der Waals surface area (Å²) in [6.45, 7) is 0.465. The summed E-state index contributed by atoms with van der Waals surface area (Å²) in [5.74, 6) is -2.01. The van der Waals surface area contributed by atoms with Gasteiger partial charge in [0, 0.05) is 23.9 Å². The molecular formula is C28H22ClF5N6O2S. The molecule has 0 amide bonds. The number of rotatable bonds is 5. The lowest BCUT2D eigenvalue weighted by atomic mass is 9.95. The number of fused-ring (bicyclic) bond motifs is 2. The van der Waals surface area contributed by atoms with Crippen molar-refractivity contribution >= 4 is 54.7 Å². The molecule has 8 nitrogen and oxygen atoms in total. The molecule has 3 aliphatic heterocycles. The van der Waals surface area contributed by atoms with Gasteiger partial charge in [-0.2, -0.15) is 15.2 Å². The van der Waals surface area contributed by atoms with Crippen LogP contribution in [0, 0.1) is 23.0 Å². The van der Waals surface area contributed by atoms with E-state index in [2.05, 4.69) is 15.3 Å². The van der Waals surface area contributed by atoms with Gasteiger partial charge in [0.05, 0.1) is 26.2 Å². The van der Waals surface area contributed by atoms with Gasteiger partial charge in [-0.1, -0.05) is 17.7 Å². The van der Waals surface area contributed by atoms with E-state index in [1.54, 1.807) is 0 Å². The molecule has 2 saturated heterocycles. The van der Waals surface area contributed by atoms with E-state index in [0.29, 0.717) is 13.0 Å². The number of alkyl halides is 3. The maximum Gasteiger partial charge on any atom is 0.319 e.